The van der Waals surface area contributed by atoms with Gasteiger partial charge in [0.25, 0.3) is 0 Å². The lowest BCUT2D eigenvalue weighted by molar-refractivity contribution is -0.0766. The predicted molar refractivity (Wildman–Crippen MR) is 85.4 cm³/mol. The van der Waals surface area contributed by atoms with E-state index in [-0.39, 0.29) is 12.2 Å². The molecule has 1 aliphatic rings. The summed E-state index contributed by atoms with van der Waals surface area (Å²) in [6.45, 7) is 6.60. The van der Waals surface area contributed by atoms with Crippen molar-refractivity contribution in [1.82, 2.24) is 4.90 Å². The average Bonchev–Trinajstić information content (AvgIpc) is 2.45. The molecule has 1 saturated heterocycles. The van der Waals surface area contributed by atoms with Crippen LogP contribution in [0.4, 0.5) is 0 Å². The Kier molecular flexibility index (Phi) is 4.24. The molecule has 1 N–H and O–H groups in total. The summed E-state index contributed by atoms with van der Waals surface area (Å²) < 4.78 is 5.75. The zero-order valence-corrected chi connectivity index (χ0v) is 12.7. The molecule has 3 unspecified atom stereocenters. The van der Waals surface area contributed by atoms with Gasteiger partial charge in [0.15, 0.2) is 0 Å². The molecule has 112 valence electrons. The SMILES string of the molecule is CC1CN(CC(O)c2cccc3ccccc23)CC(C)O1. The molecule has 0 radical (unpaired) electrons. The summed E-state index contributed by atoms with van der Waals surface area (Å²) in [5, 5.41) is 13.0. The lowest BCUT2D eigenvalue weighted by Crippen LogP contribution is -2.46. The van der Waals surface area contributed by atoms with Crippen molar-refractivity contribution < 1.29 is 9.84 Å². The number of hydrogen-bond acceptors (Lipinski definition) is 3. The average molecular weight is 285 g/mol. The third-order valence-electron chi connectivity index (χ3n) is 4.11. The van der Waals surface area contributed by atoms with Crippen molar-refractivity contribution in [2.75, 3.05) is 19.6 Å². The van der Waals surface area contributed by atoms with Gasteiger partial charge in [0, 0.05) is 19.6 Å². The fourth-order valence-corrected chi connectivity index (χ4v) is 3.32. The second-order valence-electron chi connectivity index (χ2n) is 6.06. The third-order valence-corrected chi connectivity index (χ3v) is 4.11. The van der Waals surface area contributed by atoms with Crippen LogP contribution < -0.4 is 0 Å². The second-order valence-corrected chi connectivity index (χ2v) is 6.06. The first-order valence-corrected chi connectivity index (χ1v) is 7.67. The van der Waals surface area contributed by atoms with Gasteiger partial charge in [0.05, 0.1) is 18.3 Å². The Morgan fingerprint density at radius 1 is 1.10 bits per heavy atom. The molecule has 2 aromatic rings. The van der Waals surface area contributed by atoms with Crippen molar-refractivity contribution >= 4 is 10.8 Å². The van der Waals surface area contributed by atoms with Crippen molar-refractivity contribution in [3.8, 4) is 0 Å². The maximum atomic E-state index is 10.7. The molecule has 0 aliphatic carbocycles. The standard InChI is InChI=1S/C18H23NO2/c1-13-10-19(11-14(2)21-13)12-18(20)17-9-5-7-15-6-3-4-8-16(15)17/h3-9,13-14,18,20H,10-12H2,1-2H3. The summed E-state index contributed by atoms with van der Waals surface area (Å²) >= 11 is 0. The number of β-amino-alcohol motifs (C(OH)–C–C–N with tert-alkyl or cyclic N) is 1. The number of morpholine rings is 1. The molecule has 1 fully saturated rings. The Hall–Kier alpha value is -1.42. The molecule has 21 heavy (non-hydrogen) atoms. The van der Waals surface area contributed by atoms with E-state index < -0.39 is 6.10 Å². The molecular weight excluding hydrogens is 262 g/mol. The summed E-state index contributed by atoms with van der Waals surface area (Å²) in [5.74, 6) is 0. The number of hydrogen-bond donors (Lipinski definition) is 1. The second kappa shape index (κ2) is 6.14. The highest BCUT2D eigenvalue weighted by molar-refractivity contribution is 5.85. The maximum Gasteiger partial charge on any atom is 0.0922 e. The minimum Gasteiger partial charge on any atom is -0.387 e. The van der Waals surface area contributed by atoms with Crippen LogP contribution >= 0.6 is 0 Å². The number of aliphatic hydroxyl groups is 1. The Labute approximate surface area is 126 Å². The monoisotopic (exact) mass is 285 g/mol. The summed E-state index contributed by atoms with van der Waals surface area (Å²) in [6, 6.07) is 14.4. The van der Waals surface area contributed by atoms with Crippen LogP contribution in [0.5, 0.6) is 0 Å². The van der Waals surface area contributed by atoms with Crippen LogP contribution in [-0.4, -0.2) is 41.8 Å². The number of fused-ring (bicyclic) bond motifs is 1. The molecule has 1 heterocycles. The normalized spacial score (nSPS) is 25.1. The van der Waals surface area contributed by atoms with E-state index in [1.165, 1.54) is 5.39 Å². The van der Waals surface area contributed by atoms with E-state index in [2.05, 4.69) is 36.9 Å². The lowest BCUT2D eigenvalue weighted by Gasteiger charge is -2.36. The summed E-state index contributed by atoms with van der Waals surface area (Å²) in [5.41, 5.74) is 1.01. The fraction of sp³-hybridized carbons (Fsp3) is 0.444. The minimum atomic E-state index is -0.464. The number of ether oxygens (including phenoxy) is 1. The quantitative estimate of drug-likeness (QED) is 0.941. The van der Waals surface area contributed by atoms with Gasteiger partial charge in [0.1, 0.15) is 0 Å². The fourth-order valence-electron chi connectivity index (χ4n) is 3.32. The highest BCUT2D eigenvalue weighted by Crippen LogP contribution is 2.25. The Morgan fingerprint density at radius 3 is 2.52 bits per heavy atom. The molecule has 0 spiro atoms. The number of aliphatic hydroxyl groups excluding tert-OH is 1. The van der Waals surface area contributed by atoms with Crippen LogP contribution in [0.2, 0.25) is 0 Å². The van der Waals surface area contributed by atoms with Crippen LogP contribution in [-0.2, 0) is 4.74 Å². The smallest absolute Gasteiger partial charge is 0.0922 e. The van der Waals surface area contributed by atoms with Crippen molar-refractivity contribution in [3.63, 3.8) is 0 Å². The zero-order chi connectivity index (χ0) is 14.8. The summed E-state index contributed by atoms with van der Waals surface area (Å²) in [6.07, 6.45) is -0.00413. The molecule has 3 rings (SSSR count). The summed E-state index contributed by atoms with van der Waals surface area (Å²) in [7, 11) is 0. The first-order valence-electron chi connectivity index (χ1n) is 7.67. The van der Waals surface area contributed by atoms with E-state index in [4.69, 9.17) is 4.74 Å². The third kappa shape index (κ3) is 3.26. The van der Waals surface area contributed by atoms with Gasteiger partial charge in [-0.2, -0.15) is 0 Å². The Morgan fingerprint density at radius 2 is 1.76 bits per heavy atom. The molecule has 3 nitrogen and oxygen atoms in total. The van der Waals surface area contributed by atoms with Gasteiger partial charge in [-0.25, -0.2) is 0 Å². The van der Waals surface area contributed by atoms with E-state index in [9.17, 15) is 5.11 Å². The Balaban J connectivity index is 1.79. The van der Waals surface area contributed by atoms with Gasteiger partial charge < -0.3 is 9.84 Å². The highest BCUT2D eigenvalue weighted by atomic mass is 16.5. The molecule has 0 amide bonds. The molecule has 1 aliphatic heterocycles. The predicted octanol–water partition coefficient (Wildman–Crippen LogP) is 2.98. The van der Waals surface area contributed by atoms with Gasteiger partial charge in [-0.05, 0) is 30.2 Å². The molecule has 3 atom stereocenters. The van der Waals surface area contributed by atoms with Crippen molar-refractivity contribution in [3.05, 3.63) is 48.0 Å². The zero-order valence-electron chi connectivity index (χ0n) is 12.7. The van der Waals surface area contributed by atoms with Crippen LogP contribution in [0.1, 0.15) is 25.5 Å². The molecule has 0 saturated carbocycles. The highest BCUT2D eigenvalue weighted by Gasteiger charge is 2.24. The molecule has 0 bridgehead atoms. The van der Waals surface area contributed by atoms with Gasteiger partial charge in [-0.3, -0.25) is 4.90 Å². The number of rotatable bonds is 3. The molecule has 0 aromatic heterocycles. The Bertz CT molecular complexity index is 598. The van der Waals surface area contributed by atoms with Gasteiger partial charge in [-0.1, -0.05) is 42.5 Å². The van der Waals surface area contributed by atoms with Crippen LogP contribution in [0, 0.1) is 0 Å². The van der Waals surface area contributed by atoms with E-state index in [0.717, 1.165) is 24.0 Å². The lowest BCUT2D eigenvalue weighted by atomic mass is 10.00. The van der Waals surface area contributed by atoms with Crippen molar-refractivity contribution in [1.29, 1.82) is 0 Å². The number of benzene rings is 2. The van der Waals surface area contributed by atoms with E-state index >= 15 is 0 Å². The summed E-state index contributed by atoms with van der Waals surface area (Å²) in [4.78, 5) is 2.30. The van der Waals surface area contributed by atoms with Gasteiger partial charge >= 0.3 is 0 Å². The van der Waals surface area contributed by atoms with E-state index in [1.807, 2.05) is 24.3 Å². The van der Waals surface area contributed by atoms with Crippen molar-refractivity contribution in [2.45, 2.75) is 32.2 Å². The first-order chi connectivity index (χ1) is 10.1. The van der Waals surface area contributed by atoms with Crippen LogP contribution in [0.25, 0.3) is 10.8 Å². The van der Waals surface area contributed by atoms with E-state index in [1.54, 1.807) is 0 Å². The molecular formula is C18H23NO2. The number of nitrogens with zero attached hydrogens (tertiary/aromatic N) is 1. The van der Waals surface area contributed by atoms with Gasteiger partial charge in [0.2, 0.25) is 0 Å². The first kappa shape index (κ1) is 14.5. The largest absolute Gasteiger partial charge is 0.387 e. The van der Waals surface area contributed by atoms with Crippen LogP contribution in [0.15, 0.2) is 42.5 Å². The molecule has 2 aromatic carbocycles. The topological polar surface area (TPSA) is 32.7 Å². The van der Waals surface area contributed by atoms with Crippen molar-refractivity contribution in [2.24, 2.45) is 0 Å². The minimum absolute atomic E-state index is 0.230. The van der Waals surface area contributed by atoms with E-state index in [0.29, 0.717) is 6.54 Å². The van der Waals surface area contributed by atoms with Gasteiger partial charge in [-0.15, -0.1) is 0 Å². The maximum absolute atomic E-state index is 10.7. The van der Waals surface area contributed by atoms with Crippen LogP contribution in [0.3, 0.4) is 0 Å². The molecule has 3 heteroatoms.